The van der Waals surface area contributed by atoms with Crippen molar-refractivity contribution in [2.45, 2.75) is 20.0 Å². The summed E-state index contributed by atoms with van der Waals surface area (Å²) in [5.41, 5.74) is 1.91. The maximum atomic E-state index is 13.5. The minimum atomic E-state index is -0.309. The van der Waals surface area contributed by atoms with Crippen LogP contribution in [0.15, 0.2) is 65.8 Å². The van der Waals surface area contributed by atoms with Crippen LogP contribution in [0.3, 0.4) is 0 Å². The van der Waals surface area contributed by atoms with Crippen LogP contribution < -0.4 is 15.2 Å². The molecule has 5 aromatic rings. The Labute approximate surface area is 198 Å². The Morgan fingerprint density at radius 3 is 2.79 bits per heavy atom. The number of aryl methyl sites for hydroxylation is 1. The van der Waals surface area contributed by atoms with Gasteiger partial charge in [-0.3, -0.25) is 23.7 Å². The van der Waals surface area contributed by atoms with Gasteiger partial charge in [-0.15, -0.1) is 0 Å². The van der Waals surface area contributed by atoms with Gasteiger partial charge in [0.15, 0.2) is 10.8 Å². The molecular weight excluding hydrogens is 452 g/mol. The molecule has 34 heavy (non-hydrogen) atoms. The summed E-state index contributed by atoms with van der Waals surface area (Å²) in [5.74, 6) is 0.494. The quantitative estimate of drug-likeness (QED) is 0.359. The number of thiazole rings is 1. The Morgan fingerprint density at radius 2 is 2.00 bits per heavy atom. The molecule has 5 rings (SSSR count). The molecule has 1 amide bonds. The first-order valence-electron chi connectivity index (χ1n) is 10.8. The summed E-state index contributed by atoms with van der Waals surface area (Å²) in [6.07, 6.45) is 2.86. The molecule has 9 nitrogen and oxygen atoms in total. The van der Waals surface area contributed by atoms with Crippen LogP contribution in [0, 0.1) is 0 Å². The van der Waals surface area contributed by atoms with E-state index in [0.717, 1.165) is 21.5 Å². The summed E-state index contributed by atoms with van der Waals surface area (Å²) < 4.78 is 9.36. The van der Waals surface area contributed by atoms with Crippen molar-refractivity contribution in [3.63, 3.8) is 0 Å². The first-order valence-corrected chi connectivity index (χ1v) is 11.6. The zero-order valence-corrected chi connectivity index (χ0v) is 19.5. The van der Waals surface area contributed by atoms with Crippen molar-refractivity contribution in [1.29, 1.82) is 0 Å². The van der Waals surface area contributed by atoms with Crippen LogP contribution in [0.5, 0.6) is 5.75 Å². The predicted molar refractivity (Wildman–Crippen MR) is 131 cm³/mol. The molecule has 0 unspecified atom stereocenters. The van der Waals surface area contributed by atoms with Crippen molar-refractivity contribution in [2.24, 2.45) is 7.05 Å². The van der Waals surface area contributed by atoms with Crippen LogP contribution in [0.2, 0.25) is 0 Å². The molecule has 0 aliphatic carbocycles. The lowest BCUT2D eigenvalue weighted by molar-refractivity contribution is -0.119. The number of amides is 1. The van der Waals surface area contributed by atoms with Crippen LogP contribution in [0.4, 0.5) is 5.13 Å². The molecular formula is C24H22N6O3S. The normalized spacial score (nSPS) is 11.2. The van der Waals surface area contributed by atoms with Gasteiger partial charge in [0, 0.05) is 7.05 Å². The molecule has 172 valence electrons. The highest BCUT2D eigenvalue weighted by Gasteiger charge is 2.22. The van der Waals surface area contributed by atoms with Crippen LogP contribution in [-0.2, 0) is 24.9 Å². The van der Waals surface area contributed by atoms with Crippen molar-refractivity contribution in [1.82, 2.24) is 24.3 Å². The number of hydrogen-bond donors (Lipinski definition) is 0. The molecule has 3 heterocycles. The van der Waals surface area contributed by atoms with Crippen molar-refractivity contribution < 1.29 is 9.53 Å². The summed E-state index contributed by atoms with van der Waals surface area (Å²) >= 11 is 1.41. The molecule has 0 saturated carbocycles. The van der Waals surface area contributed by atoms with E-state index >= 15 is 0 Å². The summed E-state index contributed by atoms with van der Waals surface area (Å²) in [4.78, 5) is 37.0. The Morgan fingerprint density at radius 1 is 1.18 bits per heavy atom. The maximum Gasteiger partial charge on any atom is 0.264 e. The number of hydrogen-bond acceptors (Lipinski definition) is 7. The highest BCUT2D eigenvalue weighted by Crippen LogP contribution is 2.32. The fourth-order valence-corrected chi connectivity index (χ4v) is 4.71. The minimum Gasteiger partial charge on any atom is -0.494 e. The van der Waals surface area contributed by atoms with E-state index < -0.39 is 0 Å². The van der Waals surface area contributed by atoms with Gasteiger partial charge in [0.2, 0.25) is 5.91 Å². The molecule has 0 aliphatic heterocycles. The third kappa shape index (κ3) is 4.15. The molecule has 0 N–H and O–H groups in total. The Balaban J connectivity index is 1.51. The van der Waals surface area contributed by atoms with E-state index in [2.05, 4.69) is 10.1 Å². The lowest BCUT2D eigenvalue weighted by atomic mass is 10.2. The topological polar surface area (TPSA) is 95.1 Å². The third-order valence-electron chi connectivity index (χ3n) is 5.40. The number of ether oxygens (including phenoxy) is 1. The number of fused-ring (bicyclic) bond motifs is 2. The van der Waals surface area contributed by atoms with E-state index in [4.69, 9.17) is 9.72 Å². The van der Waals surface area contributed by atoms with E-state index in [9.17, 15) is 9.59 Å². The van der Waals surface area contributed by atoms with Crippen LogP contribution in [0.1, 0.15) is 12.5 Å². The fourth-order valence-electron chi connectivity index (χ4n) is 3.70. The van der Waals surface area contributed by atoms with Crippen molar-refractivity contribution in [3.05, 3.63) is 77.0 Å². The van der Waals surface area contributed by atoms with Gasteiger partial charge in [-0.2, -0.15) is 5.10 Å². The lowest BCUT2D eigenvalue weighted by Crippen LogP contribution is -2.36. The van der Waals surface area contributed by atoms with Gasteiger partial charge in [-0.25, -0.2) is 9.97 Å². The van der Waals surface area contributed by atoms with E-state index in [-0.39, 0.29) is 18.0 Å². The van der Waals surface area contributed by atoms with Crippen molar-refractivity contribution in [3.8, 4) is 5.75 Å². The van der Waals surface area contributed by atoms with E-state index in [1.807, 2.05) is 55.5 Å². The lowest BCUT2D eigenvalue weighted by Gasteiger charge is -2.20. The maximum absolute atomic E-state index is 13.5. The van der Waals surface area contributed by atoms with E-state index in [1.54, 1.807) is 11.9 Å². The standard InChI is InChI=1S/C24H22N6O3S/c1-3-33-17-9-10-19-20(11-17)34-24(27-19)30(13-16-7-5-4-6-8-16)21(31)14-29-15-25-22-18(23(29)32)12-26-28(22)2/h4-12,15H,3,13-14H2,1-2H3. The number of rotatable bonds is 7. The summed E-state index contributed by atoms with van der Waals surface area (Å²) in [5, 5.41) is 5.01. The van der Waals surface area contributed by atoms with Crippen LogP contribution in [-0.4, -0.2) is 36.8 Å². The Kier molecular flexibility index (Phi) is 5.81. The summed E-state index contributed by atoms with van der Waals surface area (Å²) in [6, 6.07) is 15.4. The molecule has 0 atom stereocenters. The minimum absolute atomic E-state index is 0.163. The second kappa shape index (κ2) is 9.06. The predicted octanol–water partition coefficient (Wildman–Crippen LogP) is 3.37. The van der Waals surface area contributed by atoms with Gasteiger partial charge in [-0.05, 0) is 30.7 Å². The van der Waals surface area contributed by atoms with Gasteiger partial charge in [0.25, 0.3) is 5.56 Å². The Bertz CT molecular complexity index is 1540. The van der Waals surface area contributed by atoms with Crippen LogP contribution in [0.25, 0.3) is 21.3 Å². The number of nitrogens with zero attached hydrogens (tertiary/aromatic N) is 6. The van der Waals surface area contributed by atoms with E-state index in [1.165, 1.54) is 33.1 Å². The second-order valence-electron chi connectivity index (χ2n) is 7.71. The Hall–Kier alpha value is -4.05. The summed E-state index contributed by atoms with van der Waals surface area (Å²) in [6.45, 7) is 2.67. The van der Waals surface area contributed by atoms with Gasteiger partial charge in [-0.1, -0.05) is 41.7 Å². The molecule has 2 aromatic carbocycles. The number of anilines is 1. The van der Waals surface area contributed by atoms with Crippen molar-refractivity contribution >= 4 is 43.6 Å². The van der Waals surface area contributed by atoms with Crippen LogP contribution >= 0.6 is 11.3 Å². The number of benzene rings is 2. The molecule has 0 bridgehead atoms. The largest absolute Gasteiger partial charge is 0.494 e. The van der Waals surface area contributed by atoms with Crippen molar-refractivity contribution in [2.75, 3.05) is 11.5 Å². The molecule has 0 radical (unpaired) electrons. The highest BCUT2D eigenvalue weighted by atomic mass is 32.1. The third-order valence-corrected chi connectivity index (χ3v) is 6.44. The molecule has 0 aliphatic rings. The number of carbonyl (C=O) groups excluding carboxylic acids is 1. The smallest absolute Gasteiger partial charge is 0.264 e. The van der Waals surface area contributed by atoms with Gasteiger partial charge < -0.3 is 4.74 Å². The van der Waals surface area contributed by atoms with E-state index in [0.29, 0.717) is 29.3 Å². The average Bonchev–Trinajstić information content (AvgIpc) is 3.43. The zero-order valence-electron chi connectivity index (χ0n) is 18.7. The first kappa shape index (κ1) is 21.8. The second-order valence-corrected chi connectivity index (χ2v) is 8.72. The van der Waals surface area contributed by atoms with Gasteiger partial charge in [0.05, 0.1) is 29.6 Å². The molecule has 3 aromatic heterocycles. The fraction of sp³-hybridized carbons (Fsp3) is 0.208. The number of carbonyl (C=O) groups is 1. The number of aromatic nitrogens is 5. The molecule has 0 spiro atoms. The van der Waals surface area contributed by atoms with Gasteiger partial charge in [0.1, 0.15) is 24.0 Å². The molecule has 10 heteroatoms. The summed E-state index contributed by atoms with van der Waals surface area (Å²) in [7, 11) is 1.72. The SMILES string of the molecule is CCOc1ccc2nc(N(Cc3ccccc3)C(=O)Cn3cnc4c(cnn4C)c3=O)sc2c1. The average molecular weight is 475 g/mol. The molecule has 0 fully saturated rings. The monoisotopic (exact) mass is 474 g/mol. The first-order chi connectivity index (χ1) is 16.5. The highest BCUT2D eigenvalue weighted by molar-refractivity contribution is 7.22. The van der Waals surface area contributed by atoms with Gasteiger partial charge >= 0.3 is 0 Å². The molecule has 0 saturated heterocycles. The zero-order chi connectivity index (χ0) is 23.7.